The third-order valence-electron chi connectivity index (χ3n) is 5.76. The molecule has 0 unspecified atom stereocenters. The lowest BCUT2D eigenvalue weighted by molar-refractivity contribution is 0.247. The first-order chi connectivity index (χ1) is 16.2. The molecular formula is C22H24Cl2N6O3S. The normalized spacial score (nSPS) is 14.8. The number of allylic oxidation sites excluding steroid dienone is 1. The smallest absolute Gasteiger partial charge is 0.328 e. The molecule has 9 nitrogen and oxygen atoms in total. The number of carbonyl (C=O) groups excluding carboxylic acids is 1. The van der Waals surface area contributed by atoms with E-state index in [9.17, 15) is 13.2 Å². The summed E-state index contributed by atoms with van der Waals surface area (Å²) >= 11 is 12.3. The Morgan fingerprint density at radius 1 is 1.21 bits per heavy atom. The van der Waals surface area contributed by atoms with Gasteiger partial charge in [-0.15, -0.1) is 0 Å². The molecule has 0 spiro atoms. The third-order valence-corrected chi connectivity index (χ3v) is 7.79. The van der Waals surface area contributed by atoms with Crippen LogP contribution in [0, 0.1) is 6.92 Å². The summed E-state index contributed by atoms with van der Waals surface area (Å²) in [5.41, 5.74) is 4.50. The summed E-state index contributed by atoms with van der Waals surface area (Å²) in [6.07, 6.45) is 7.66. The molecule has 0 aliphatic heterocycles. The molecule has 180 valence electrons. The van der Waals surface area contributed by atoms with E-state index in [0.717, 1.165) is 41.7 Å². The third kappa shape index (κ3) is 5.13. The van der Waals surface area contributed by atoms with Crippen molar-refractivity contribution >= 4 is 44.8 Å². The molecule has 0 fully saturated rings. The van der Waals surface area contributed by atoms with Crippen LogP contribution in [-0.2, 0) is 30.0 Å². The van der Waals surface area contributed by atoms with E-state index in [1.807, 2.05) is 27.7 Å². The highest BCUT2D eigenvalue weighted by Crippen LogP contribution is 2.31. The van der Waals surface area contributed by atoms with Crippen LogP contribution < -0.4 is 10.0 Å². The number of sulfonamides is 1. The average Bonchev–Trinajstić information content (AvgIpc) is 3.34. The number of urea groups is 1. The first kappa shape index (κ1) is 24.3. The number of hydrogen-bond donors (Lipinski definition) is 2. The average molecular weight is 523 g/mol. The predicted octanol–water partition coefficient (Wildman–Crippen LogP) is 3.69. The van der Waals surface area contributed by atoms with Crippen LogP contribution in [0.5, 0.6) is 0 Å². The zero-order valence-corrected chi connectivity index (χ0v) is 21.0. The Hall–Kier alpha value is -2.82. The van der Waals surface area contributed by atoms with E-state index in [0.29, 0.717) is 22.3 Å². The van der Waals surface area contributed by atoms with Crippen molar-refractivity contribution in [2.24, 2.45) is 7.05 Å². The molecular weight excluding hydrogens is 499 g/mol. The number of aryl methyl sites for hydroxylation is 2. The number of fused-ring (bicyclic) bond motifs is 1. The molecule has 34 heavy (non-hydrogen) atoms. The van der Waals surface area contributed by atoms with Gasteiger partial charge < -0.3 is 5.32 Å². The lowest BCUT2D eigenvalue weighted by Gasteiger charge is -2.18. The molecule has 3 aromatic rings. The van der Waals surface area contributed by atoms with Crippen LogP contribution in [0.15, 0.2) is 41.6 Å². The van der Waals surface area contributed by atoms with Gasteiger partial charge in [-0.05, 0) is 55.0 Å². The fourth-order valence-corrected chi connectivity index (χ4v) is 5.52. The summed E-state index contributed by atoms with van der Waals surface area (Å²) in [5, 5.41) is 12.2. The van der Waals surface area contributed by atoms with E-state index in [2.05, 4.69) is 15.5 Å². The Morgan fingerprint density at radius 3 is 2.71 bits per heavy atom. The highest BCUT2D eigenvalue weighted by Gasteiger charge is 2.23. The minimum Gasteiger partial charge on any atom is -0.334 e. The second-order valence-electron chi connectivity index (χ2n) is 8.03. The first-order valence-electron chi connectivity index (χ1n) is 10.6. The number of halogens is 2. The number of benzene rings is 1. The molecule has 2 heterocycles. The molecule has 2 N–H and O–H groups in total. The Balaban J connectivity index is 1.45. The standard InChI is InChI=1S/C22H24Cl2N6O3S/c1-14-20(12-26-29(14)2)34(32,33)28-22(31)25-9-8-15-4-3-5-16-11-27-30(21(15)16)13-17-6-7-18(23)10-19(17)24/h6-8,10-12H,3-5,9,13H2,1-2H3,(H2,25,28,31)/b15-8+. The van der Waals surface area contributed by atoms with Crippen LogP contribution in [0.3, 0.4) is 0 Å². The van der Waals surface area contributed by atoms with E-state index >= 15 is 0 Å². The molecule has 1 aromatic carbocycles. The molecule has 1 aliphatic carbocycles. The monoisotopic (exact) mass is 522 g/mol. The van der Waals surface area contributed by atoms with Crippen molar-refractivity contribution < 1.29 is 13.2 Å². The van der Waals surface area contributed by atoms with Crippen LogP contribution in [-0.4, -0.2) is 40.6 Å². The van der Waals surface area contributed by atoms with Gasteiger partial charge in [-0.25, -0.2) is 17.9 Å². The lowest BCUT2D eigenvalue weighted by atomic mass is 9.92. The second-order valence-corrected chi connectivity index (χ2v) is 10.5. The van der Waals surface area contributed by atoms with Crippen molar-refractivity contribution in [3.8, 4) is 0 Å². The van der Waals surface area contributed by atoms with Gasteiger partial charge in [-0.2, -0.15) is 10.2 Å². The summed E-state index contributed by atoms with van der Waals surface area (Å²) in [6, 6.07) is 4.56. The van der Waals surface area contributed by atoms with Gasteiger partial charge in [-0.3, -0.25) is 9.36 Å². The van der Waals surface area contributed by atoms with Crippen LogP contribution in [0.4, 0.5) is 4.79 Å². The van der Waals surface area contributed by atoms with Gasteiger partial charge in [-0.1, -0.05) is 35.3 Å². The number of hydrogen-bond acceptors (Lipinski definition) is 5. The first-order valence-corrected chi connectivity index (χ1v) is 12.9. The molecule has 0 bridgehead atoms. The maximum Gasteiger partial charge on any atom is 0.328 e. The minimum atomic E-state index is -4.01. The van der Waals surface area contributed by atoms with Crippen molar-refractivity contribution in [2.75, 3.05) is 6.54 Å². The predicted molar refractivity (Wildman–Crippen MR) is 130 cm³/mol. The maximum atomic E-state index is 12.5. The van der Waals surface area contributed by atoms with Gasteiger partial charge in [0.2, 0.25) is 0 Å². The molecule has 12 heteroatoms. The Kier molecular flexibility index (Phi) is 7.01. The molecule has 4 rings (SSSR count). The lowest BCUT2D eigenvalue weighted by Crippen LogP contribution is -2.39. The molecule has 0 atom stereocenters. The number of nitrogens with zero attached hydrogens (tertiary/aromatic N) is 4. The Bertz CT molecular complexity index is 1380. The van der Waals surface area contributed by atoms with Gasteiger partial charge in [0.05, 0.1) is 30.3 Å². The molecule has 0 saturated heterocycles. The largest absolute Gasteiger partial charge is 0.334 e. The van der Waals surface area contributed by atoms with Gasteiger partial charge in [0.15, 0.2) is 0 Å². The van der Waals surface area contributed by atoms with E-state index in [1.165, 1.54) is 10.9 Å². The highest BCUT2D eigenvalue weighted by molar-refractivity contribution is 7.90. The molecule has 0 radical (unpaired) electrons. The fraction of sp³-hybridized carbons (Fsp3) is 0.318. The van der Waals surface area contributed by atoms with E-state index < -0.39 is 16.1 Å². The summed E-state index contributed by atoms with van der Waals surface area (Å²) in [4.78, 5) is 12.2. The topological polar surface area (TPSA) is 111 Å². The number of aromatic nitrogens is 4. The van der Waals surface area contributed by atoms with Crippen molar-refractivity contribution in [3.63, 3.8) is 0 Å². The number of rotatable bonds is 6. The number of carbonyl (C=O) groups is 1. The van der Waals surface area contributed by atoms with Gasteiger partial charge in [0.1, 0.15) is 4.90 Å². The van der Waals surface area contributed by atoms with Crippen molar-refractivity contribution in [2.45, 2.75) is 37.6 Å². The molecule has 2 amide bonds. The Morgan fingerprint density at radius 2 is 2.00 bits per heavy atom. The zero-order chi connectivity index (χ0) is 24.5. The quantitative estimate of drug-likeness (QED) is 0.512. The van der Waals surface area contributed by atoms with Gasteiger partial charge in [0.25, 0.3) is 10.0 Å². The summed E-state index contributed by atoms with van der Waals surface area (Å²) in [6.45, 7) is 2.26. The summed E-state index contributed by atoms with van der Waals surface area (Å²) in [5.74, 6) is 0. The van der Waals surface area contributed by atoms with Crippen LogP contribution >= 0.6 is 23.2 Å². The van der Waals surface area contributed by atoms with Crippen LogP contribution in [0.25, 0.3) is 5.57 Å². The summed E-state index contributed by atoms with van der Waals surface area (Å²) < 4.78 is 30.3. The van der Waals surface area contributed by atoms with E-state index in [1.54, 1.807) is 26.1 Å². The SMILES string of the molecule is Cc1c(S(=O)(=O)NC(=O)NC/C=C2\CCCc3cnn(Cc4ccc(Cl)cc4Cl)c32)cnn1C. The molecule has 0 saturated carbocycles. The zero-order valence-electron chi connectivity index (χ0n) is 18.7. The molecule has 2 aromatic heterocycles. The van der Waals surface area contributed by atoms with Crippen LogP contribution in [0.2, 0.25) is 10.0 Å². The van der Waals surface area contributed by atoms with E-state index in [4.69, 9.17) is 23.2 Å². The summed E-state index contributed by atoms with van der Waals surface area (Å²) in [7, 11) is -2.39. The van der Waals surface area contributed by atoms with Crippen molar-refractivity contribution in [1.29, 1.82) is 0 Å². The van der Waals surface area contributed by atoms with E-state index in [-0.39, 0.29) is 11.4 Å². The Labute approximate surface area is 207 Å². The van der Waals surface area contributed by atoms with Crippen molar-refractivity contribution in [3.05, 3.63) is 69.2 Å². The maximum absolute atomic E-state index is 12.5. The van der Waals surface area contributed by atoms with Gasteiger partial charge >= 0.3 is 6.03 Å². The number of amides is 2. The van der Waals surface area contributed by atoms with Crippen molar-refractivity contribution in [1.82, 2.24) is 29.6 Å². The van der Waals surface area contributed by atoms with Gasteiger partial charge in [0, 0.05) is 23.6 Å². The second kappa shape index (κ2) is 9.81. The molecule has 1 aliphatic rings. The van der Waals surface area contributed by atoms with Crippen LogP contribution in [0.1, 0.15) is 35.4 Å². The fourth-order valence-electron chi connectivity index (χ4n) is 3.92. The minimum absolute atomic E-state index is 0.0369. The highest BCUT2D eigenvalue weighted by atomic mass is 35.5. The number of nitrogens with one attached hydrogen (secondary N) is 2.